The van der Waals surface area contributed by atoms with E-state index in [1.807, 2.05) is 24.3 Å². The smallest absolute Gasteiger partial charge is 0.460 e. The number of rotatable bonds is 23. The van der Waals surface area contributed by atoms with Gasteiger partial charge >= 0.3 is 53.7 Å². The predicted octanol–water partition coefficient (Wildman–Crippen LogP) is 14.3. The Morgan fingerprint density at radius 3 is 1.24 bits per heavy atom. The first-order valence-corrected chi connectivity index (χ1v) is 21.2. The SMILES string of the molecule is CCCCCCCCOc1ccc(-c2ccc(C(=O)Oc3cccc(OC(=O)c4ccc(OC(=O)c5ccc(OCCC(F)(F)C(F)(F)C(F)(F)C(F)(F)C(F)(F)C(F)(F)F)cc5)cc4)c3)cc2)cc1. The Balaban J connectivity index is 1.08. The van der Waals surface area contributed by atoms with Crippen molar-refractivity contribution in [3.63, 3.8) is 0 Å². The second-order valence-corrected chi connectivity index (χ2v) is 15.5. The van der Waals surface area contributed by atoms with Crippen molar-refractivity contribution in [1.82, 2.24) is 0 Å². The summed E-state index contributed by atoms with van der Waals surface area (Å²) in [5.41, 5.74) is 1.78. The van der Waals surface area contributed by atoms with Crippen LogP contribution in [0, 0.1) is 0 Å². The van der Waals surface area contributed by atoms with E-state index in [1.165, 1.54) is 74.2 Å². The lowest BCUT2D eigenvalue weighted by molar-refractivity contribution is -0.440. The van der Waals surface area contributed by atoms with Gasteiger partial charge in [-0.3, -0.25) is 0 Å². The van der Waals surface area contributed by atoms with Gasteiger partial charge in [-0.25, -0.2) is 14.4 Å². The molecule has 0 spiro atoms. The molecular formula is C49H41F13O8. The topological polar surface area (TPSA) is 97.4 Å². The Bertz CT molecular complexity index is 2530. The number of carbonyl (C=O) groups is 3. The van der Waals surface area contributed by atoms with E-state index in [9.17, 15) is 71.5 Å². The lowest BCUT2D eigenvalue weighted by Gasteiger charge is -2.39. The van der Waals surface area contributed by atoms with Crippen LogP contribution < -0.4 is 23.7 Å². The molecule has 0 radical (unpaired) electrons. The highest BCUT2D eigenvalue weighted by molar-refractivity contribution is 5.93. The molecular weight excluding hydrogens is 964 g/mol. The van der Waals surface area contributed by atoms with Gasteiger partial charge in [-0.05, 0) is 102 Å². The molecule has 5 rings (SSSR count). The molecule has 0 aromatic heterocycles. The highest BCUT2D eigenvalue weighted by Crippen LogP contribution is 2.60. The second-order valence-electron chi connectivity index (χ2n) is 15.5. The minimum atomic E-state index is -8.01. The monoisotopic (exact) mass is 1000 g/mol. The van der Waals surface area contributed by atoms with Crippen molar-refractivity contribution in [3.05, 3.63) is 138 Å². The molecule has 5 aromatic rings. The average Bonchev–Trinajstić information content (AvgIpc) is 3.31. The molecule has 0 aliphatic rings. The summed E-state index contributed by atoms with van der Waals surface area (Å²) < 4.78 is 200. The van der Waals surface area contributed by atoms with Gasteiger partial charge in [0.25, 0.3) is 0 Å². The molecule has 0 heterocycles. The van der Waals surface area contributed by atoms with E-state index in [2.05, 4.69) is 11.7 Å². The van der Waals surface area contributed by atoms with Gasteiger partial charge in [-0.1, -0.05) is 69.4 Å². The number of unbranched alkanes of at least 4 members (excludes halogenated alkanes) is 5. The van der Waals surface area contributed by atoms with Crippen molar-refractivity contribution in [2.45, 2.75) is 87.7 Å². The standard InChI is InChI=1S/C49H41F13O8/c1-2-3-4-5-6-7-28-66-36-21-15-32(16-22-36)31-11-13-33(14-12-31)42(64)69-39-9-8-10-40(30-39)70-43(65)35-19-25-38(26-20-35)68-41(63)34-17-23-37(24-18-34)67-29-27-44(50,51)45(52,53)46(54,55)47(56,57)48(58,59)49(60,61)62/h8-26,30H,2-7,27-29H2,1H3. The normalized spacial score (nSPS) is 12.5. The first kappa shape index (κ1) is 54.1. The van der Waals surface area contributed by atoms with E-state index < -0.39 is 72.5 Å². The fourth-order valence-electron chi connectivity index (χ4n) is 6.32. The Morgan fingerprint density at radius 1 is 0.400 bits per heavy atom. The third-order valence-corrected chi connectivity index (χ3v) is 10.4. The van der Waals surface area contributed by atoms with Crippen LogP contribution in [0.15, 0.2) is 121 Å². The van der Waals surface area contributed by atoms with Crippen molar-refractivity contribution in [2.75, 3.05) is 13.2 Å². The molecule has 0 bridgehead atoms. The number of ether oxygens (including phenoxy) is 5. The fourth-order valence-corrected chi connectivity index (χ4v) is 6.32. The second kappa shape index (κ2) is 22.3. The summed E-state index contributed by atoms with van der Waals surface area (Å²) in [5, 5.41) is 0. The summed E-state index contributed by atoms with van der Waals surface area (Å²) in [4.78, 5) is 38.5. The number of esters is 3. The van der Waals surface area contributed by atoms with E-state index >= 15 is 0 Å². The van der Waals surface area contributed by atoms with Crippen LogP contribution in [0.25, 0.3) is 11.1 Å². The number of hydrogen-bond donors (Lipinski definition) is 0. The minimum Gasteiger partial charge on any atom is -0.494 e. The van der Waals surface area contributed by atoms with Crippen molar-refractivity contribution in [2.24, 2.45) is 0 Å². The van der Waals surface area contributed by atoms with Crippen molar-refractivity contribution in [3.8, 4) is 39.9 Å². The summed E-state index contributed by atoms with van der Waals surface area (Å²) in [6.07, 6.45) is -3.08. The minimum absolute atomic E-state index is 0.0121. The molecule has 0 aliphatic heterocycles. The molecule has 0 aliphatic carbocycles. The number of halogens is 13. The molecule has 70 heavy (non-hydrogen) atoms. The lowest BCUT2D eigenvalue weighted by atomic mass is 9.93. The van der Waals surface area contributed by atoms with Gasteiger partial charge in [0.05, 0.1) is 36.3 Å². The van der Waals surface area contributed by atoms with E-state index in [0.717, 1.165) is 54.0 Å². The van der Waals surface area contributed by atoms with Crippen molar-refractivity contribution in [1.29, 1.82) is 0 Å². The van der Waals surface area contributed by atoms with Crippen LogP contribution in [0.4, 0.5) is 57.1 Å². The van der Waals surface area contributed by atoms with Gasteiger partial charge < -0.3 is 23.7 Å². The summed E-state index contributed by atoms with van der Waals surface area (Å²) in [6.45, 7) is 1.15. The molecule has 8 nitrogen and oxygen atoms in total. The molecule has 5 aromatic carbocycles. The summed E-state index contributed by atoms with van der Waals surface area (Å²) in [6, 6.07) is 28.6. The molecule has 0 atom stereocenters. The number of hydrogen-bond acceptors (Lipinski definition) is 8. The van der Waals surface area contributed by atoms with E-state index in [0.29, 0.717) is 6.61 Å². The Labute approximate surface area is 391 Å². The highest BCUT2D eigenvalue weighted by atomic mass is 19.4. The average molecular weight is 1000 g/mol. The number of benzene rings is 5. The molecule has 0 amide bonds. The lowest BCUT2D eigenvalue weighted by Crippen LogP contribution is -2.70. The first-order chi connectivity index (χ1) is 32.8. The molecule has 0 saturated heterocycles. The zero-order valence-corrected chi connectivity index (χ0v) is 36.6. The highest BCUT2D eigenvalue weighted by Gasteiger charge is 2.90. The Hall–Kier alpha value is -6.80. The van der Waals surface area contributed by atoms with Crippen LogP contribution in [0.1, 0.15) is 82.9 Å². The van der Waals surface area contributed by atoms with Crippen LogP contribution in [0.3, 0.4) is 0 Å². The zero-order chi connectivity index (χ0) is 51.5. The third-order valence-electron chi connectivity index (χ3n) is 10.4. The van der Waals surface area contributed by atoms with E-state index in [1.54, 1.807) is 24.3 Å². The largest absolute Gasteiger partial charge is 0.494 e. The van der Waals surface area contributed by atoms with Crippen LogP contribution in [-0.4, -0.2) is 66.9 Å². The molecule has 0 N–H and O–H groups in total. The first-order valence-electron chi connectivity index (χ1n) is 21.2. The third kappa shape index (κ3) is 12.7. The molecule has 0 fully saturated rings. The van der Waals surface area contributed by atoms with Crippen LogP contribution in [0.5, 0.6) is 28.7 Å². The Morgan fingerprint density at radius 2 is 0.771 bits per heavy atom. The van der Waals surface area contributed by atoms with Gasteiger partial charge in [0.15, 0.2) is 0 Å². The number of carbonyl (C=O) groups excluding carboxylic acids is 3. The fraction of sp³-hybridized carbons (Fsp3) is 0.327. The van der Waals surface area contributed by atoms with Gasteiger partial charge in [-0.15, -0.1) is 0 Å². The van der Waals surface area contributed by atoms with Crippen molar-refractivity contribution >= 4 is 17.9 Å². The van der Waals surface area contributed by atoms with Crippen LogP contribution in [0.2, 0.25) is 0 Å². The molecule has 376 valence electrons. The summed E-state index contributed by atoms with van der Waals surface area (Å²) >= 11 is 0. The Kier molecular flexibility index (Phi) is 17.3. The number of alkyl halides is 13. The predicted molar refractivity (Wildman–Crippen MR) is 226 cm³/mol. The van der Waals surface area contributed by atoms with Gasteiger partial charge in [-0.2, -0.15) is 57.1 Å². The quantitative estimate of drug-likeness (QED) is 0.0276. The van der Waals surface area contributed by atoms with E-state index in [4.69, 9.17) is 18.9 Å². The van der Waals surface area contributed by atoms with Gasteiger partial charge in [0.1, 0.15) is 28.7 Å². The summed E-state index contributed by atoms with van der Waals surface area (Å²) in [5.74, 6) is -39.8. The molecule has 0 unspecified atom stereocenters. The van der Waals surface area contributed by atoms with E-state index in [-0.39, 0.29) is 33.9 Å². The molecule has 0 saturated carbocycles. The van der Waals surface area contributed by atoms with Gasteiger partial charge in [0.2, 0.25) is 0 Å². The van der Waals surface area contributed by atoms with Crippen LogP contribution in [-0.2, 0) is 0 Å². The molecule has 21 heteroatoms. The van der Waals surface area contributed by atoms with Crippen LogP contribution >= 0.6 is 0 Å². The maximum Gasteiger partial charge on any atom is 0.460 e. The summed E-state index contributed by atoms with van der Waals surface area (Å²) in [7, 11) is 0. The zero-order valence-electron chi connectivity index (χ0n) is 36.6. The maximum atomic E-state index is 14.1. The van der Waals surface area contributed by atoms with Gasteiger partial charge in [0, 0.05) is 6.07 Å². The maximum absolute atomic E-state index is 14.1. The van der Waals surface area contributed by atoms with Crippen molar-refractivity contribution < 1.29 is 95.1 Å².